The number of aromatic hydroxyl groups is 1. The van der Waals surface area contributed by atoms with Crippen LogP contribution in [0.1, 0.15) is 31.4 Å². The average Bonchev–Trinajstić information content (AvgIpc) is 2.63. The molecule has 2 atom stereocenters. The molecule has 0 aliphatic heterocycles. The summed E-state index contributed by atoms with van der Waals surface area (Å²) >= 11 is 6.63. The van der Waals surface area contributed by atoms with Crippen molar-refractivity contribution in [2.75, 3.05) is 11.1 Å². The second-order valence-electron chi connectivity index (χ2n) is 6.30. The lowest BCUT2D eigenvalue weighted by atomic mass is 9.93. The van der Waals surface area contributed by atoms with Crippen LogP contribution in [0, 0.1) is 5.92 Å². The van der Waals surface area contributed by atoms with Crippen molar-refractivity contribution in [1.82, 2.24) is 0 Å². The first-order valence-electron chi connectivity index (χ1n) is 8.47. The first kappa shape index (κ1) is 21.5. The molecule has 0 aliphatic rings. The molecule has 0 heterocycles. The summed E-state index contributed by atoms with van der Waals surface area (Å²) in [6, 6.07) is 10.5. The number of phenols is 1. The molecule has 144 valence electrons. The van der Waals surface area contributed by atoms with Gasteiger partial charge >= 0.3 is 0 Å². The minimum atomic E-state index is -0.815. The highest BCUT2D eigenvalue weighted by Gasteiger charge is 2.21. The number of para-hydroxylation sites is 2. The van der Waals surface area contributed by atoms with E-state index < -0.39 is 6.10 Å². The molecule has 0 saturated heterocycles. The SMILES string of the molecule is C[C@@H](CC/C=C/C(=O)Nc1ccccc1N)[C@H](O)c1cc(Br)cc(Br)c1O. The van der Waals surface area contributed by atoms with E-state index in [2.05, 4.69) is 37.2 Å². The van der Waals surface area contributed by atoms with Gasteiger partial charge in [0.15, 0.2) is 0 Å². The van der Waals surface area contributed by atoms with Crippen molar-refractivity contribution in [3.8, 4) is 5.75 Å². The van der Waals surface area contributed by atoms with E-state index in [0.717, 1.165) is 4.47 Å². The van der Waals surface area contributed by atoms with Gasteiger partial charge in [-0.25, -0.2) is 0 Å². The van der Waals surface area contributed by atoms with Gasteiger partial charge in [0.1, 0.15) is 5.75 Å². The van der Waals surface area contributed by atoms with Gasteiger partial charge in [0.25, 0.3) is 0 Å². The lowest BCUT2D eigenvalue weighted by molar-refractivity contribution is -0.111. The highest BCUT2D eigenvalue weighted by molar-refractivity contribution is 9.11. The molecule has 5 nitrogen and oxygen atoms in total. The van der Waals surface area contributed by atoms with Gasteiger partial charge in [0.2, 0.25) is 5.91 Å². The van der Waals surface area contributed by atoms with Crippen molar-refractivity contribution < 1.29 is 15.0 Å². The van der Waals surface area contributed by atoms with Crippen LogP contribution in [0.4, 0.5) is 11.4 Å². The molecular formula is C20H22Br2N2O3. The Morgan fingerprint density at radius 3 is 2.70 bits per heavy atom. The molecule has 2 aromatic carbocycles. The lowest BCUT2D eigenvalue weighted by Gasteiger charge is -2.20. The van der Waals surface area contributed by atoms with Gasteiger partial charge in [-0.1, -0.05) is 41.1 Å². The Labute approximate surface area is 175 Å². The Kier molecular flexibility index (Phi) is 7.89. The molecule has 2 rings (SSSR count). The van der Waals surface area contributed by atoms with Crippen LogP contribution in [-0.4, -0.2) is 16.1 Å². The van der Waals surface area contributed by atoms with Crippen molar-refractivity contribution in [3.63, 3.8) is 0 Å². The molecule has 27 heavy (non-hydrogen) atoms. The third kappa shape index (κ3) is 6.09. The summed E-state index contributed by atoms with van der Waals surface area (Å²) in [4.78, 5) is 11.9. The number of carbonyl (C=O) groups excluding carboxylic acids is 1. The number of aliphatic hydroxyl groups is 1. The highest BCUT2D eigenvalue weighted by atomic mass is 79.9. The molecule has 0 aliphatic carbocycles. The van der Waals surface area contributed by atoms with E-state index >= 15 is 0 Å². The number of carbonyl (C=O) groups is 1. The van der Waals surface area contributed by atoms with Crippen LogP contribution in [0.25, 0.3) is 0 Å². The summed E-state index contributed by atoms with van der Waals surface area (Å²) in [5.41, 5.74) is 7.34. The molecule has 2 aromatic rings. The number of phenolic OH excluding ortho intramolecular Hbond substituents is 1. The zero-order valence-corrected chi connectivity index (χ0v) is 18.0. The highest BCUT2D eigenvalue weighted by Crippen LogP contribution is 2.38. The minimum Gasteiger partial charge on any atom is -0.506 e. The van der Waals surface area contributed by atoms with E-state index in [1.807, 2.05) is 6.92 Å². The largest absolute Gasteiger partial charge is 0.506 e. The summed E-state index contributed by atoms with van der Waals surface area (Å²) in [5.74, 6) is -0.322. The van der Waals surface area contributed by atoms with Crippen LogP contribution in [-0.2, 0) is 4.79 Å². The lowest BCUT2D eigenvalue weighted by Crippen LogP contribution is -2.10. The quantitative estimate of drug-likeness (QED) is 0.314. The van der Waals surface area contributed by atoms with E-state index in [-0.39, 0.29) is 17.6 Å². The van der Waals surface area contributed by atoms with E-state index in [1.165, 1.54) is 6.08 Å². The summed E-state index contributed by atoms with van der Waals surface area (Å²) in [6.07, 6.45) is 3.67. The maximum absolute atomic E-state index is 11.9. The van der Waals surface area contributed by atoms with Gasteiger partial charge < -0.3 is 21.3 Å². The number of nitrogen functional groups attached to an aromatic ring is 1. The molecule has 0 bridgehead atoms. The predicted molar refractivity (Wildman–Crippen MR) is 115 cm³/mol. The molecule has 0 aromatic heterocycles. The van der Waals surface area contributed by atoms with Gasteiger partial charge in [-0.2, -0.15) is 0 Å². The fourth-order valence-corrected chi connectivity index (χ4v) is 3.87. The van der Waals surface area contributed by atoms with Crippen molar-refractivity contribution in [1.29, 1.82) is 0 Å². The first-order valence-corrected chi connectivity index (χ1v) is 10.1. The van der Waals surface area contributed by atoms with Crippen molar-refractivity contribution in [2.45, 2.75) is 25.9 Å². The third-order valence-corrected chi connectivity index (χ3v) is 5.25. The molecular weight excluding hydrogens is 476 g/mol. The van der Waals surface area contributed by atoms with Gasteiger partial charge in [-0.05, 0) is 65.0 Å². The Bertz CT molecular complexity index is 840. The van der Waals surface area contributed by atoms with Crippen molar-refractivity contribution in [3.05, 3.63) is 63.1 Å². The van der Waals surface area contributed by atoms with Gasteiger partial charge in [-0.3, -0.25) is 4.79 Å². The topological polar surface area (TPSA) is 95.6 Å². The van der Waals surface area contributed by atoms with Crippen LogP contribution in [0.5, 0.6) is 5.75 Å². The number of rotatable bonds is 7. The number of benzene rings is 2. The second kappa shape index (κ2) is 9.92. The fourth-order valence-electron chi connectivity index (χ4n) is 2.61. The van der Waals surface area contributed by atoms with Crippen LogP contribution in [0.15, 0.2) is 57.5 Å². The maximum atomic E-state index is 11.9. The number of allylic oxidation sites excluding steroid dienone is 1. The zero-order valence-electron chi connectivity index (χ0n) is 14.8. The van der Waals surface area contributed by atoms with Gasteiger partial charge in [0.05, 0.1) is 22.0 Å². The molecule has 0 fully saturated rings. The monoisotopic (exact) mass is 496 g/mol. The number of anilines is 2. The first-order chi connectivity index (χ1) is 12.8. The molecule has 0 spiro atoms. The molecule has 0 radical (unpaired) electrons. The van der Waals surface area contributed by atoms with E-state index in [0.29, 0.717) is 34.3 Å². The number of nitrogens with one attached hydrogen (secondary N) is 1. The summed E-state index contributed by atoms with van der Waals surface area (Å²) in [5, 5.41) is 23.4. The smallest absolute Gasteiger partial charge is 0.248 e. The number of amides is 1. The van der Waals surface area contributed by atoms with Crippen LogP contribution in [0.3, 0.4) is 0 Å². The fraction of sp³-hybridized carbons (Fsp3) is 0.250. The summed E-state index contributed by atoms with van der Waals surface area (Å²) in [6.45, 7) is 1.90. The van der Waals surface area contributed by atoms with E-state index in [4.69, 9.17) is 5.73 Å². The van der Waals surface area contributed by atoms with Crippen LogP contribution < -0.4 is 11.1 Å². The van der Waals surface area contributed by atoms with Crippen LogP contribution in [0.2, 0.25) is 0 Å². The molecule has 5 N–H and O–H groups in total. The molecule has 0 saturated carbocycles. The Balaban J connectivity index is 1.88. The van der Waals surface area contributed by atoms with Crippen molar-refractivity contribution in [2.24, 2.45) is 5.92 Å². The Morgan fingerprint density at radius 2 is 2.00 bits per heavy atom. The van der Waals surface area contributed by atoms with Gasteiger partial charge in [-0.15, -0.1) is 0 Å². The molecule has 7 heteroatoms. The number of nitrogens with two attached hydrogens (primary N) is 1. The van der Waals surface area contributed by atoms with E-state index in [9.17, 15) is 15.0 Å². The van der Waals surface area contributed by atoms with Gasteiger partial charge in [0, 0.05) is 10.0 Å². The molecule has 1 amide bonds. The normalized spacial score (nSPS) is 13.5. The zero-order chi connectivity index (χ0) is 20.0. The van der Waals surface area contributed by atoms with E-state index in [1.54, 1.807) is 42.5 Å². The number of halogens is 2. The number of hydrogen-bond acceptors (Lipinski definition) is 4. The number of aliphatic hydroxyl groups excluding tert-OH is 1. The molecule has 0 unspecified atom stereocenters. The predicted octanol–water partition coefficient (Wildman–Crippen LogP) is 5.14. The summed E-state index contributed by atoms with van der Waals surface area (Å²) < 4.78 is 1.29. The Hall–Kier alpha value is -1.83. The maximum Gasteiger partial charge on any atom is 0.248 e. The Morgan fingerprint density at radius 1 is 1.30 bits per heavy atom. The second-order valence-corrected chi connectivity index (χ2v) is 8.07. The standard InChI is InChI=1S/C20H22Br2N2O3/c1-12(19(26)14-10-13(21)11-15(22)20(14)27)6-2-5-9-18(25)24-17-8-4-3-7-16(17)23/h3-5,7-12,19,26-27H,2,6,23H2,1H3,(H,24,25)/b9-5+/t12-,19-/m0/s1. The average molecular weight is 498 g/mol. The van der Waals surface area contributed by atoms with Crippen LogP contribution >= 0.6 is 31.9 Å². The summed E-state index contributed by atoms with van der Waals surface area (Å²) in [7, 11) is 0. The van der Waals surface area contributed by atoms with Crippen molar-refractivity contribution >= 4 is 49.1 Å². The third-order valence-electron chi connectivity index (χ3n) is 4.19. The number of hydrogen-bond donors (Lipinski definition) is 4. The minimum absolute atomic E-state index is 0.0351.